The van der Waals surface area contributed by atoms with Gasteiger partial charge in [-0.25, -0.2) is 0 Å². The monoisotopic (exact) mass is 387 g/mol. The lowest BCUT2D eigenvalue weighted by atomic mass is 10.0. The third kappa shape index (κ3) is 7.54. The van der Waals surface area contributed by atoms with Gasteiger partial charge in [0.1, 0.15) is 12.7 Å². The maximum absolute atomic E-state index is 11.8. The van der Waals surface area contributed by atoms with Crippen LogP contribution in [0.5, 0.6) is 0 Å². The molecule has 0 amide bonds. The molecule has 0 N–H and O–H groups in total. The predicted molar refractivity (Wildman–Crippen MR) is 90.9 cm³/mol. The second kappa shape index (κ2) is 11.5. The van der Waals surface area contributed by atoms with Gasteiger partial charge in [0, 0.05) is 32.1 Å². The van der Waals surface area contributed by atoms with E-state index >= 15 is 0 Å². The maximum atomic E-state index is 11.8. The van der Waals surface area contributed by atoms with Crippen LogP contribution in [-0.4, -0.2) is 55.1 Å². The van der Waals surface area contributed by atoms with Crippen molar-refractivity contribution in [2.45, 2.75) is 78.0 Å². The number of ether oxygens (including phenoxy) is 5. The van der Waals surface area contributed by atoms with Gasteiger partial charge in [-0.3, -0.25) is 19.2 Å². The Kier molecular flexibility index (Phi) is 9.77. The highest BCUT2D eigenvalue weighted by Gasteiger charge is 2.46. The molecular formula is C18H27O9. The van der Waals surface area contributed by atoms with Crippen molar-refractivity contribution in [3.8, 4) is 0 Å². The van der Waals surface area contributed by atoms with Crippen LogP contribution in [0.2, 0.25) is 0 Å². The molecule has 27 heavy (non-hydrogen) atoms. The molecule has 0 aromatic carbocycles. The van der Waals surface area contributed by atoms with E-state index in [2.05, 4.69) is 0 Å². The molecule has 0 saturated carbocycles. The number of hydrogen-bond donors (Lipinski definition) is 0. The Balaban J connectivity index is 3.00. The van der Waals surface area contributed by atoms with Gasteiger partial charge in [0.15, 0.2) is 6.10 Å². The first kappa shape index (κ1) is 22.9. The topological polar surface area (TPSA) is 114 Å². The van der Waals surface area contributed by atoms with Crippen LogP contribution in [0.3, 0.4) is 0 Å². The van der Waals surface area contributed by atoms with E-state index in [1.807, 2.05) is 0 Å². The lowest BCUT2D eigenvalue weighted by Gasteiger charge is -2.39. The number of rotatable bonds is 9. The first-order valence-corrected chi connectivity index (χ1v) is 9.08. The molecule has 9 heteroatoms. The van der Waals surface area contributed by atoms with Crippen molar-refractivity contribution in [1.29, 1.82) is 0 Å². The van der Waals surface area contributed by atoms with Gasteiger partial charge in [0.05, 0.1) is 0 Å². The number of esters is 4. The number of carbonyl (C=O) groups is 4. The highest BCUT2D eigenvalue weighted by atomic mass is 16.7. The van der Waals surface area contributed by atoms with Crippen LogP contribution in [0.25, 0.3) is 0 Å². The zero-order chi connectivity index (χ0) is 20.4. The van der Waals surface area contributed by atoms with Gasteiger partial charge in [-0.2, -0.15) is 0 Å². The van der Waals surface area contributed by atoms with Gasteiger partial charge < -0.3 is 23.7 Å². The van der Waals surface area contributed by atoms with Crippen LogP contribution < -0.4 is 0 Å². The molecule has 0 aliphatic carbocycles. The van der Waals surface area contributed by atoms with E-state index in [0.717, 1.165) is 0 Å². The minimum Gasteiger partial charge on any atom is -0.463 e. The highest BCUT2D eigenvalue weighted by molar-refractivity contribution is 5.71. The molecule has 1 heterocycles. The molecule has 1 radical (unpaired) electrons. The lowest BCUT2D eigenvalue weighted by molar-refractivity contribution is -0.258. The van der Waals surface area contributed by atoms with Gasteiger partial charge in [0.25, 0.3) is 0 Å². The minimum absolute atomic E-state index is 0.0763. The summed E-state index contributed by atoms with van der Waals surface area (Å²) in [5.74, 6) is -2.11. The molecule has 1 aliphatic rings. The molecule has 1 aliphatic heterocycles. The summed E-state index contributed by atoms with van der Waals surface area (Å²) in [6.45, 7) is 6.30. The molecular weight excluding hydrogens is 360 g/mol. The van der Waals surface area contributed by atoms with Crippen molar-refractivity contribution in [1.82, 2.24) is 0 Å². The van der Waals surface area contributed by atoms with Crippen LogP contribution in [0.1, 0.15) is 53.4 Å². The molecule has 0 bridgehead atoms. The van der Waals surface area contributed by atoms with E-state index < -0.39 is 48.5 Å². The van der Waals surface area contributed by atoms with E-state index in [0.29, 0.717) is 0 Å². The Morgan fingerprint density at radius 3 is 1.85 bits per heavy atom. The fourth-order valence-corrected chi connectivity index (χ4v) is 2.15. The molecule has 9 nitrogen and oxygen atoms in total. The zero-order valence-corrected chi connectivity index (χ0v) is 16.1. The van der Waals surface area contributed by atoms with Gasteiger partial charge in [0.2, 0.25) is 12.4 Å². The third-order valence-corrected chi connectivity index (χ3v) is 3.65. The normalized spacial score (nSPS) is 24.6. The summed E-state index contributed by atoms with van der Waals surface area (Å²) in [5, 5.41) is 0. The predicted octanol–water partition coefficient (Wildman–Crippen LogP) is 1.47. The second-order valence-corrected chi connectivity index (χ2v) is 5.73. The second-order valence-electron chi connectivity index (χ2n) is 5.73. The van der Waals surface area contributed by atoms with Gasteiger partial charge in [-0.15, -0.1) is 0 Å². The van der Waals surface area contributed by atoms with Gasteiger partial charge in [-0.1, -0.05) is 27.7 Å². The average Bonchev–Trinajstić information content (AvgIpc) is 2.67. The average molecular weight is 387 g/mol. The fraction of sp³-hybridized carbons (Fsp3) is 0.722. The summed E-state index contributed by atoms with van der Waals surface area (Å²) in [7, 11) is 0. The Hall–Kier alpha value is -2.16. The van der Waals surface area contributed by atoms with Gasteiger partial charge in [-0.05, 0) is 0 Å². The molecule has 153 valence electrons. The Bertz CT molecular complexity index is 503. The molecule has 4 atom stereocenters. The molecule has 1 fully saturated rings. The van der Waals surface area contributed by atoms with E-state index in [9.17, 15) is 19.2 Å². The summed E-state index contributed by atoms with van der Waals surface area (Å²) in [4.78, 5) is 46.7. The number of carbonyl (C=O) groups excluding carboxylic acids is 4. The van der Waals surface area contributed by atoms with Crippen LogP contribution in [0.15, 0.2) is 0 Å². The first-order chi connectivity index (χ1) is 12.8. The third-order valence-electron chi connectivity index (χ3n) is 3.65. The van der Waals surface area contributed by atoms with Crippen molar-refractivity contribution in [2.75, 3.05) is 6.61 Å². The standard InChI is InChI=1S/C18H27O9/c1-5-13(19)23-10-11-9-12(25-14(20)6-2)17(26-15(21)7-3)18(24-11)27-16(22)8-4/h9,11-12,17-18H,5-8,10H2,1-4H3/t11-,12+,17-,18+/m1/s1. The summed E-state index contributed by atoms with van der Waals surface area (Å²) in [6.07, 6.45) is -2.35. The van der Waals surface area contributed by atoms with Crippen LogP contribution in [0, 0.1) is 6.42 Å². The zero-order valence-electron chi connectivity index (χ0n) is 16.1. The van der Waals surface area contributed by atoms with E-state index in [1.165, 1.54) is 6.42 Å². The summed E-state index contributed by atoms with van der Waals surface area (Å²) in [6, 6.07) is 0. The van der Waals surface area contributed by atoms with Gasteiger partial charge >= 0.3 is 23.9 Å². The van der Waals surface area contributed by atoms with Crippen molar-refractivity contribution < 1.29 is 42.9 Å². The quantitative estimate of drug-likeness (QED) is 0.428. The summed E-state index contributed by atoms with van der Waals surface area (Å²) < 4.78 is 26.5. The first-order valence-electron chi connectivity index (χ1n) is 9.08. The maximum Gasteiger partial charge on any atom is 0.307 e. The Morgan fingerprint density at radius 1 is 0.778 bits per heavy atom. The van der Waals surface area contributed by atoms with Crippen LogP contribution in [-0.2, 0) is 42.9 Å². The fourth-order valence-electron chi connectivity index (χ4n) is 2.15. The molecule has 0 aromatic heterocycles. The molecule has 0 aromatic rings. The highest BCUT2D eigenvalue weighted by Crippen LogP contribution is 2.27. The van der Waals surface area contributed by atoms with Crippen molar-refractivity contribution in [2.24, 2.45) is 0 Å². The minimum atomic E-state index is -1.29. The molecule has 1 rings (SSSR count). The SMILES string of the molecule is CCC(=O)OC[C@H]1[CH][C@H](OC(=O)CC)[C@@H](OC(=O)CC)[C@H](OC(=O)CC)O1. The summed E-state index contributed by atoms with van der Waals surface area (Å²) >= 11 is 0. The van der Waals surface area contributed by atoms with Crippen molar-refractivity contribution >= 4 is 23.9 Å². The Morgan fingerprint density at radius 2 is 1.30 bits per heavy atom. The van der Waals surface area contributed by atoms with E-state index in [-0.39, 0.29) is 32.3 Å². The molecule has 0 unspecified atom stereocenters. The van der Waals surface area contributed by atoms with Crippen molar-refractivity contribution in [3.63, 3.8) is 0 Å². The number of hydrogen-bond acceptors (Lipinski definition) is 9. The van der Waals surface area contributed by atoms with Crippen LogP contribution in [0.4, 0.5) is 0 Å². The van der Waals surface area contributed by atoms with E-state index in [4.69, 9.17) is 23.7 Å². The Labute approximate surface area is 158 Å². The summed E-state index contributed by atoms with van der Waals surface area (Å²) in [5.41, 5.74) is 0. The molecule has 1 saturated heterocycles. The molecule has 0 spiro atoms. The van der Waals surface area contributed by atoms with E-state index in [1.54, 1.807) is 27.7 Å². The smallest absolute Gasteiger partial charge is 0.307 e. The largest absolute Gasteiger partial charge is 0.463 e. The van der Waals surface area contributed by atoms with Crippen molar-refractivity contribution in [3.05, 3.63) is 6.42 Å². The van der Waals surface area contributed by atoms with Crippen LogP contribution >= 0.6 is 0 Å². The lowest BCUT2D eigenvalue weighted by Crippen LogP contribution is -2.55.